The molecule has 0 aliphatic carbocycles. The first-order chi connectivity index (χ1) is 21.6. The second-order valence-corrected chi connectivity index (χ2v) is 15.1. The predicted octanol–water partition coefficient (Wildman–Crippen LogP) is 3.21. The van der Waals surface area contributed by atoms with Gasteiger partial charge in [-0.25, -0.2) is 16.8 Å². The van der Waals surface area contributed by atoms with E-state index >= 15 is 0 Å². The van der Waals surface area contributed by atoms with Crippen LogP contribution in [0.1, 0.15) is 60.1 Å². The summed E-state index contributed by atoms with van der Waals surface area (Å²) in [6.45, 7) is 1.34. The minimum absolute atomic E-state index is 0.0639. The van der Waals surface area contributed by atoms with E-state index in [1.54, 1.807) is 0 Å². The smallest absolute Gasteiger partial charge is 0.229 e. The minimum atomic E-state index is -3.68. The summed E-state index contributed by atoms with van der Waals surface area (Å²) in [6.07, 6.45) is 5.21. The Morgan fingerprint density at radius 3 is 1.48 bits per heavy atom. The van der Waals surface area contributed by atoms with Crippen LogP contribution in [-0.4, -0.2) is 80.9 Å². The lowest BCUT2D eigenvalue weighted by Gasteiger charge is -2.28. The molecule has 0 radical (unpaired) electrons. The Kier molecular flexibility index (Phi) is 13.7. The fraction of sp³-hybridized carbons (Fsp3) is 0.438. The molecule has 0 fully saturated rings. The third kappa shape index (κ3) is 12.8. The highest BCUT2D eigenvalue weighted by Crippen LogP contribution is 2.30. The lowest BCUT2D eigenvalue weighted by molar-refractivity contribution is 0.0679. The van der Waals surface area contributed by atoms with E-state index in [0.717, 1.165) is 51.0 Å². The van der Waals surface area contributed by atoms with Crippen molar-refractivity contribution in [3.63, 3.8) is 0 Å². The first-order valence-electron chi connectivity index (χ1n) is 15.1. The number of benzene rings is 3. The van der Waals surface area contributed by atoms with Gasteiger partial charge < -0.3 is 26.2 Å². The van der Waals surface area contributed by atoms with Crippen molar-refractivity contribution >= 4 is 31.4 Å². The van der Waals surface area contributed by atoms with Crippen LogP contribution in [0.4, 0.5) is 11.4 Å². The maximum absolute atomic E-state index is 11.7. The van der Waals surface area contributed by atoms with E-state index in [1.807, 2.05) is 4.90 Å². The van der Waals surface area contributed by atoms with E-state index in [2.05, 4.69) is 33.7 Å². The number of nitrogens with zero attached hydrogens (tertiary/aromatic N) is 1. The Balaban J connectivity index is 1.72. The highest BCUT2D eigenvalue weighted by atomic mass is 32.2. The van der Waals surface area contributed by atoms with Crippen molar-refractivity contribution in [2.24, 2.45) is 5.73 Å². The summed E-state index contributed by atoms with van der Waals surface area (Å²) in [5.74, 6) is -0.578. The van der Waals surface area contributed by atoms with Crippen molar-refractivity contribution < 1.29 is 37.3 Å². The maximum atomic E-state index is 11.7. The summed E-state index contributed by atoms with van der Waals surface area (Å²) in [5, 5.41) is 42.5. The number of aromatic hydroxyl groups is 2. The largest absolute Gasteiger partial charge is 0.506 e. The van der Waals surface area contributed by atoms with Crippen LogP contribution in [0.5, 0.6) is 11.5 Å². The summed E-state index contributed by atoms with van der Waals surface area (Å²) in [5.41, 5.74) is 8.66. The van der Waals surface area contributed by atoms with E-state index < -0.39 is 32.3 Å². The number of anilines is 2. The van der Waals surface area contributed by atoms with Gasteiger partial charge in [-0.3, -0.25) is 14.3 Å². The van der Waals surface area contributed by atoms with Crippen molar-refractivity contribution in [3.05, 3.63) is 82.9 Å². The number of aryl methyl sites for hydroxylation is 2. The van der Waals surface area contributed by atoms with Gasteiger partial charge in [-0.1, -0.05) is 36.4 Å². The summed E-state index contributed by atoms with van der Waals surface area (Å²) in [7, 11) is -7.35. The molecule has 46 heavy (non-hydrogen) atoms. The number of hydrogen-bond donors (Lipinski definition) is 7. The third-order valence-corrected chi connectivity index (χ3v) is 8.58. The fourth-order valence-corrected chi connectivity index (χ4v) is 6.18. The zero-order valence-corrected chi connectivity index (χ0v) is 27.9. The number of aliphatic hydroxyl groups excluding tert-OH is 2. The summed E-state index contributed by atoms with van der Waals surface area (Å²) in [4.78, 5) is 1.86. The van der Waals surface area contributed by atoms with Gasteiger partial charge in [0.2, 0.25) is 20.0 Å². The van der Waals surface area contributed by atoms with Gasteiger partial charge >= 0.3 is 0 Å². The molecule has 0 bridgehead atoms. The molecule has 0 spiro atoms. The molecule has 0 saturated heterocycles. The number of aliphatic hydroxyl groups is 2. The molecule has 12 nitrogen and oxygen atoms in total. The van der Waals surface area contributed by atoms with E-state index in [1.165, 1.54) is 47.5 Å². The lowest BCUT2D eigenvalue weighted by Crippen LogP contribution is -2.33. The number of phenols is 2. The zero-order chi connectivity index (χ0) is 33.9. The standard InChI is InChI=1S/C32H46N4O8S2/c1-45(41,42)34-27-19-25(13-15-29(27)37)31(39)21-36(18-6-4-8-24-11-9-23(10-12-24)7-3-5-17-33)22-32(40)26-14-16-30(38)28(20-26)35-46(2,43)44/h9-16,19-20,31-32,34-35,37-40H,3-8,17-18,21-22,33H2,1-2H3. The normalized spacial score (nSPS) is 13.4. The van der Waals surface area contributed by atoms with E-state index in [4.69, 9.17) is 5.73 Å². The average molecular weight is 679 g/mol. The van der Waals surface area contributed by atoms with Gasteiger partial charge in [0, 0.05) is 13.1 Å². The molecular formula is C32H46N4O8S2. The second kappa shape index (κ2) is 17.0. The SMILES string of the molecule is CS(=O)(=O)Nc1cc(C(O)CN(CCCCc2ccc(CCCCN)cc2)CC(O)c2ccc(O)c(NS(C)(=O)=O)c2)ccc1O. The van der Waals surface area contributed by atoms with E-state index in [9.17, 15) is 37.3 Å². The van der Waals surface area contributed by atoms with Crippen molar-refractivity contribution in [1.29, 1.82) is 0 Å². The van der Waals surface area contributed by atoms with Gasteiger partial charge in [-0.2, -0.15) is 0 Å². The van der Waals surface area contributed by atoms with E-state index in [0.29, 0.717) is 24.2 Å². The van der Waals surface area contributed by atoms with Crippen LogP contribution in [-0.2, 0) is 32.9 Å². The van der Waals surface area contributed by atoms with Gasteiger partial charge in [0.15, 0.2) is 0 Å². The molecule has 0 heterocycles. The first kappa shape index (κ1) is 37.1. The Labute approximate surface area is 272 Å². The zero-order valence-electron chi connectivity index (χ0n) is 26.3. The molecule has 254 valence electrons. The number of phenolic OH excluding ortho intramolecular Hbond substituents is 2. The summed E-state index contributed by atoms with van der Waals surface area (Å²) >= 11 is 0. The molecule has 0 saturated carbocycles. The van der Waals surface area contributed by atoms with Crippen molar-refractivity contribution in [2.75, 3.05) is 48.1 Å². The van der Waals surface area contributed by atoms with Gasteiger partial charge in [0.25, 0.3) is 0 Å². The Morgan fingerprint density at radius 1 is 0.674 bits per heavy atom. The molecule has 0 amide bonds. The van der Waals surface area contributed by atoms with Gasteiger partial charge in [0.05, 0.1) is 36.1 Å². The first-order valence-corrected chi connectivity index (χ1v) is 18.9. The maximum Gasteiger partial charge on any atom is 0.229 e. The molecule has 0 aromatic heterocycles. The monoisotopic (exact) mass is 678 g/mol. The van der Waals surface area contributed by atoms with Crippen LogP contribution in [0.3, 0.4) is 0 Å². The third-order valence-electron chi connectivity index (χ3n) is 7.40. The highest BCUT2D eigenvalue weighted by Gasteiger charge is 2.21. The van der Waals surface area contributed by atoms with Crippen LogP contribution in [0.2, 0.25) is 0 Å². The van der Waals surface area contributed by atoms with Crippen molar-refractivity contribution in [3.8, 4) is 11.5 Å². The van der Waals surface area contributed by atoms with E-state index in [-0.39, 0.29) is 36.0 Å². The van der Waals surface area contributed by atoms with Gasteiger partial charge in [-0.05, 0) is 98.1 Å². The van der Waals surface area contributed by atoms with Gasteiger partial charge in [0.1, 0.15) is 11.5 Å². The molecule has 3 aromatic carbocycles. The molecule has 0 aliphatic rings. The summed E-state index contributed by atoms with van der Waals surface area (Å²) < 4.78 is 51.4. The Bertz CT molecular complexity index is 1540. The average Bonchev–Trinajstić information content (AvgIpc) is 2.97. The number of nitrogens with two attached hydrogens (primary N) is 1. The summed E-state index contributed by atoms with van der Waals surface area (Å²) in [6, 6.07) is 16.8. The van der Waals surface area contributed by atoms with Crippen LogP contribution in [0.25, 0.3) is 0 Å². The molecule has 3 rings (SSSR count). The Morgan fingerprint density at radius 2 is 1.09 bits per heavy atom. The van der Waals surface area contributed by atoms with Crippen LogP contribution >= 0.6 is 0 Å². The lowest BCUT2D eigenvalue weighted by atomic mass is 10.0. The van der Waals surface area contributed by atoms with Crippen molar-refractivity contribution in [2.45, 2.75) is 50.7 Å². The molecule has 8 N–H and O–H groups in total. The topological polar surface area (TPSA) is 203 Å². The Hall–Kier alpha value is -3.40. The number of unbranched alkanes of at least 4 members (excludes halogenated alkanes) is 2. The number of hydrogen-bond acceptors (Lipinski definition) is 10. The predicted molar refractivity (Wildman–Crippen MR) is 181 cm³/mol. The number of rotatable bonds is 19. The molecular weight excluding hydrogens is 633 g/mol. The number of sulfonamides is 2. The van der Waals surface area contributed by atoms with Crippen molar-refractivity contribution in [1.82, 2.24) is 4.90 Å². The minimum Gasteiger partial charge on any atom is -0.506 e. The van der Waals surface area contributed by atoms with Crippen LogP contribution in [0.15, 0.2) is 60.7 Å². The molecule has 3 aromatic rings. The molecule has 2 unspecified atom stereocenters. The van der Waals surface area contributed by atoms with Crippen LogP contribution < -0.4 is 15.2 Å². The van der Waals surface area contributed by atoms with Gasteiger partial charge in [-0.15, -0.1) is 0 Å². The quantitative estimate of drug-likeness (QED) is 0.0729. The fourth-order valence-electron chi connectivity index (χ4n) is 5.05. The molecule has 0 aliphatic heterocycles. The second-order valence-electron chi connectivity index (χ2n) is 11.6. The van der Waals surface area contributed by atoms with Crippen LogP contribution in [0, 0.1) is 0 Å². The number of nitrogens with one attached hydrogen (secondary N) is 2. The molecule has 2 atom stereocenters. The molecule has 14 heteroatoms. The highest BCUT2D eigenvalue weighted by molar-refractivity contribution is 7.92.